The molecule has 2 aromatic rings. The van der Waals surface area contributed by atoms with Crippen molar-refractivity contribution in [3.8, 4) is 23.0 Å². The van der Waals surface area contributed by atoms with Crippen LogP contribution in [0.1, 0.15) is 30.0 Å². The molecule has 0 N–H and O–H groups in total. The molecular formula is C26H37Cl2N3O5. The van der Waals surface area contributed by atoms with Crippen LogP contribution in [0.2, 0.25) is 0 Å². The first kappa shape index (κ1) is 31.4. The lowest BCUT2D eigenvalue weighted by molar-refractivity contribution is -0.130. The van der Waals surface area contributed by atoms with E-state index >= 15 is 0 Å². The van der Waals surface area contributed by atoms with Gasteiger partial charge in [0.15, 0.2) is 23.0 Å². The molecule has 1 aliphatic heterocycles. The van der Waals surface area contributed by atoms with E-state index in [0.29, 0.717) is 18.0 Å². The maximum atomic E-state index is 12.9. The maximum Gasteiger partial charge on any atom is 0.247 e. The molecule has 3 rings (SSSR count). The number of ether oxygens (including phenoxy) is 4. The number of benzene rings is 2. The molecule has 36 heavy (non-hydrogen) atoms. The van der Waals surface area contributed by atoms with Gasteiger partial charge in [-0.05, 0) is 68.8 Å². The second-order valence-corrected chi connectivity index (χ2v) is 8.34. The van der Waals surface area contributed by atoms with E-state index in [0.717, 1.165) is 54.3 Å². The molecule has 0 unspecified atom stereocenters. The summed E-state index contributed by atoms with van der Waals surface area (Å²) in [5, 5.41) is 6.21. The number of amides is 1. The Kier molecular flexibility index (Phi) is 12.9. The molecule has 8 nitrogen and oxygen atoms in total. The fourth-order valence-electron chi connectivity index (χ4n) is 4.08. The largest absolute Gasteiger partial charge is 0.493 e. The Morgan fingerprint density at radius 2 is 1.50 bits per heavy atom. The molecule has 1 heterocycles. The van der Waals surface area contributed by atoms with Gasteiger partial charge in [0.05, 0.1) is 40.6 Å². The molecule has 200 valence electrons. The zero-order valence-corrected chi connectivity index (χ0v) is 23.5. The standard InChI is InChI=1S/C26H35N3O5.2ClH/c1-18-21-17-25(34-6)24(33-5)15-20(21)16-26(30)29(27-18)12-7-11-28(2)13-10-19-8-9-22(31-3)23(14-19)32-4;;/h8-9,14-15,17H,7,10-13,16H2,1-6H3;2*1H. The Labute approximate surface area is 226 Å². The van der Waals surface area contributed by atoms with Crippen molar-refractivity contribution in [1.82, 2.24) is 9.91 Å². The van der Waals surface area contributed by atoms with Gasteiger partial charge in [0.1, 0.15) is 0 Å². The number of carbonyl (C=O) groups is 1. The lowest BCUT2D eigenvalue weighted by Gasteiger charge is -2.20. The monoisotopic (exact) mass is 541 g/mol. The molecule has 0 atom stereocenters. The summed E-state index contributed by atoms with van der Waals surface area (Å²) in [4.78, 5) is 15.2. The first-order valence-corrected chi connectivity index (χ1v) is 11.4. The highest BCUT2D eigenvalue weighted by molar-refractivity contribution is 6.03. The van der Waals surface area contributed by atoms with Gasteiger partial charge in [-0.15, -0.1) is 24.8 Å². The molecule has 0 aliphatic carbocycles. The van der Waals surface area contributed by atoms with Crippen LogP contribution in [0.25, 0.3) is 0 Å². The number of hydrazone groups is 1. The first-order valence-electron chi connectivity index (χ1n) is 11.4. The molecule has 10 heteroatoms. The lowest BCUT2D eigenvalue weighted by Crippen LogP contribution is -2.31. The van der Waals surface area contributed by atoms with Crippen LogP contribution >= 0.6 is 24.8 Å². The SMILES string of the molecule is COc1ccc(CCN(C)CCCN2N=C(C)c3cc(OC)c(OC)cc3CC2=O)cc1OC.Cl.Cl. The van der Waals surface area contributed by atoms with Crippen molar-refractivity contribution >= 4 is 36.4 Å². The lowest BCUT2D eigenvalue weighted by atomic mass is 10.00. The second kappa shape index (κ2) is 14.8. The third-order valence-electron chi connectivity index (χ3n) is 6.04. The van der Waals surface area contributed by atoms with Gasteiger partial charge in [-0.25, -0.2) is 5.01 Å². The number of hydrogen-bond acceptors (Lipinski definition) is 7. The second-order valence-electron chi connectivity index (χ2n) is 8.34. The minimum Gasteiger partial charge on any atom is -0.493 e. The van der Waals surface area contributed by atoms with E-state index < -0.39 is 0 Å². The van der Waals surface area contributed by atoms with Crippen LogP contribution in [0.5, 0.6) is 23.0 Å². The van der Waals surface area contributed by atoms with Crippen LogP contribution < -0.4 is 18.9 Å². The van der Waals surface area contributed by atoms with Gasteiger partial charge >= 0.3 is 0 Å². The first-order chi connectivity index (χ1) is 16.4. The van der Waals surface area contributed by atoms with Gasteiger partial charge in [0.2, 0.25) is 5.91 Å². The number of likely N-dealkylation sites (N-methyl/N-ethyl adjacent to an activating group) is 1. The summed E-state index contributed by atoms with van der Waals surface area (Å²) in [5.74, 6) is 2.71. The topological polar surface area (TPSA) is 72.8 Å². The van der Waals surface area contributed by atoms with E-state index in [2.05, 4.69) is 23.1 Å². The summed E-state index contributed by atoms with van der Waals surface area (Å²) in [6.45, 7) is 4.25. The smallest absolute Gasteiger partial charge is 0.247 e. The van der Waals surface area contributed by atoms with E-state index in [1.165, 1.54) is 5.56 Å². The minimum absolute atomic E-state index is 0. The van der Waals surface area contributed by atoms with Gasteiger partial charge in [0, 0.05) is 18.7 Å². The average Bonchev–Trinajstić information content (AvgIpc) is 2.96. The predicted molar refractivity (Wildman–Crippen MR) is 147 cm³/mol. The Balaban J connectivity index is 0.00000324. The van der Waals surface area contributed by atoms with Crippen molar-refractivity contribution in [2.24, 2.45) is 5.10 Å². The molecule has 1 aliphatic rings. The molecule has 0 saturated carbocycles. The summed E-state index contributed by atoms with van der Waals surface area (Å²) in [6.07, 6.45) is 2.01. The number of halogens is 2. The van der Waals surface area contributed by atoms with E-state index in [1.54, 1.807) is 33.4 Å². The number of hydrogen-bond donors (Lipinski definition) is 0. The van der Waals surface area contributed by atoms with Crippen LogP contribution in [-0.4, -0.2) is 76.6 Å². The van der Waals surface area contributed by atoms with Crippen molar-refractivity contribution < 1.29 is 23.7 Å². The Bertz CT molecular complexity index is 1050. The third-order valence-corrected chi connectivity index (χ3v) is 6.04. The highest BCUT2D eigenvalue weighted by Gasteiger charge is 2.23. The summed E-state index contributed by atoms with van der Waals surface area (Å²) < 4.78 is 21.5. The van der Waals surface area contributed by atoms with Gasteiger partial charge < -0.3 is 23.8 Å². The van der Waals surface area contributed by atoms with Gasteiger partial charge in [0.25, 0.3) is 0 Å². The number of rotatable bonds is 11. The number of nitrogens with zero attached hydrogens (tertiary/aromatic N) is 3. The van der Waals surface area contributed by atoms with E-state index in [9.17, 15) is 4.79 Å². The Morgan fingerprint density at radius 3 is 2.14 bits per heavy atom. The van der Waals surface area contributed by atoms with Crippen molar-refractivity contribution in [1.29, 1.82) is 0 Å². The van der Waals surface area contributed by atoms with Gasteiger partial charge in [-0.3, -0.25) is 4.79 Å². The van der Waals surface area contributed by atoms with E-state index in [-0.39, 0.29) is 37.1 Å². The van der Waals surface area contributed by atoms with Crippen molar-refractivity contribution in [2.45, 2.75) is 26.2 Å². The highest BCUT2D eigenvalue weighted by atomic mass is 35.5. The van der Waals surface area contributed by atoms with Crippen molar-refractivity contribution in [3.05, 3.63) is 47.0 Å². The summed E-state index contributed by atoms with van der Waals surface area (Å²) in [7, 11) is 8.57. The van der Waals surface area contributed by atoms with E-state index in [1.807, 2.05) is 31.2 Å². The van der Waals surface area contributed by atoms with Crippen LogP contribution in [0.4, 0.5) is 0 Å². The maximum absolute atomic E-state index is 12.9. The summed E-state index contributed by atoms with van der Waals surface area (Å²) in [6, 6.07) is 9.77. The molecule has 1 amide bonds. The van der Waals surface area contributed by atoms with Crippen LogP contribution in [0.3, 0.4) is 0 Å². The molecule has 2 aromatic carbocycles. The normalized spacial score (nSPS) is 12.6. The molecule has 0 saturated heterocycles. The minimum atomic E-state index is -0.0155. The zero-order valence-electron chi connectivity index (χ0n) is 21.8. The third kappa shape index (κ3) is 7.66. The molecule has 0 aromatic heterocycles. The molecule has 0 bridgehead atoms. The number of fused-ring (bicyclic) bond motifs is 1. The molecule has 0 spiro atoms. The summed E-state index contributed by atoms with van der Waals surface area (Å²) in [5.41, 5.74) is 3.80. The van der Waals surface area contributed by atoms with Gasteiger partial charge in [-0.1, -0.05) is 6.07 Å². The number of methoxy groups -OCH3 is 4. The fourth-order valence-corrected chi connectivity index (χ4v) is 4.08. The highest BCUT2D eigenvalue weighted by Crippen LogP contribution is 2.32. The van der Waals surface area contributed by atoms with Crippen molar-refractivity contribution in [2.75, 3.05) is 55.1 Å². The Hall–Kier alpha value is -2.68. The van der Waals surface area contributed by atoms with Crippen LogP contribution in [0, 0.1) is 0 Å². The summed E-state index contributed by atoms with van der Waals surface area (Å²) >= 11 is 0. The zero-order chi connectivity index (χ0) is 24.7. The number of carbonyl (C=O) groups excluding carboxylic acids is 1. The Morgan fingerprint density at radius 1 is 0.889 bits per heavy atom. The van der Waals surface area contributed by atoms with Crippen molar-refractivity contribution in [3.63, 3.8) is 0 Å². The fraction of sp³-hybridized carbons (Fsp3) is 0.462. The predicted octanol–water partition coefficient (Wildman–Crippen LogP) is 4.24. The molecular weight excluding hydrogens is 505 g/mol. The molecule has 0 radical (unpaired) electrons. The quantitative estimate of drug-likeness (QED) is 0.423. The van der Waals surface area contributed by atoms with Crippen LogP contribution in [-0.2, 0) is 17.6 Å². The average molecular weight is 543 g/mol. The van der Waals surface area contributed by atoms with Gasteiger partial charge in [-0.2, -0.15) is 5.10 Å². The van der Waals surface area contributed by atoms with Crippen LogP contribution in [0.15, 0.2) is 35.4 Å². The molecule has 0 fully saturated rings. The van der Waals surface area contributed by atoms with E-state index in [4.69, 9.17) is 18.9 Å².